The summed E-state index contributed by atoms with van der Waals surface area (Å²) in [5, 5.41) is 3.59. The third-order valence-electron chi connectivity index (χ3n) is 1.75. The van der Waals surface area contributed by atoms with Crippen LogP contribution in [0.4, 0.5) is 5.69 Å². The molecule has 5 heteroatoms. The Morgan fingerprint density at radius 3 is 3.07 bits per heavy atom. The molecule has 0 saturated heterocycles. The summed E-state index contributed by atoms with van der Waals surface area (Å²) in [6.45, 7) is 2.31. The maximum Gasteiger partial charge on any atom is 0.219 e. The largest absolute Gasteiger partial charge is 0.383 e. The molecule has 0 unspecified atom stereocenters. The molecule has 0 radical (unpaired) electrons. The number of halogens is 1. The van der Waals surface area contributed by atoms with Crippen LogP contribution in [0.1, 0.15) is 12.1 Å². The van der Waals surface area contributed by atoms with E-state index in [9.17, 15) is 4.79 Å². The first-order valence-corrected chi connectivity index (χ1v) is 4.62. The molecule has 0 aromatic carbocycles. The Morgan fingerprint density at radius 1 is 1.71 bits per heavy atom. The minimum absolute atomic E-state index is 0.289. The second-order valence-corrected chi connectivity index (χ2v) is 3.28. The van der Waals surface area contributed by atoms with Crippen molar-refractivity contribution in [3.63, 3.8) is 0 Å². The first kappa shape index (κ1) is 10.8. The van der Waals surface area contributed by atoms with Crippen LogP contribution in [-0.2, 0) is 4.79 Å². The molecule has 14 heavy (non-hydrogen) atoms. The van der Waals surface area contributed by atoms with Crippen LogP contribution in [-0.4, -0.2) is 17.4 Å². The van der Waals surface area contributed by atoms with Crippen LogP contribution in [0.5, 0.6) is 0 Å². The predicted octanol–water partition coefficient (Wildman–Crippen LogP) is 1.33. The number of anilines is 1. The number of primary amides is 1. The number of rotatable bonds is 4. The second kappa shape index (κ2) is 4.81. The maximum atomic E-state index is 10.5. The van der Waals surface area contributed by atoms with Gasteiger partial charge in [-0.1, -0.05) is 11.6 Å². The van der Waals surface area contributed by atoms with E-state index in [-0.39, 0.29) is 12.3 Å². The number of nitrogens with zero attached hydrogens (tertiary/aromatic N) is 1. The number of hydrogen-bond acceptors (Lipinski definition) is 3. The summed E-state index contributed by atoms with van der Waals surface area (Å²) in [5.41, 5.74) is 6.54. The van der Waals surface area contributed by atoms with E-state index in [0.29, 0.717) is 11.6 Å². The zero-order chi connectivity index (χ0) is 10.6. The van der Waals surface area contributed by atoms with Crippen LogP contribution >= 0.6 is 11.6 Å². The Labute approximate surface area is 87.5 Å². The molecule has 0 fully saturated rings. The minimum Gasteiger partial charge on any atom is -0.383 e. The highest BCUT2D eigenvalue weighted by molar-refractivity contribution is 6.33. The van der Waals surface area contributed by atoms with Crippen molar-refractivity contribution in [2.75, 3.05) is 11.9 Å². The predicted molar refractivity (Wildman–Crippen MR) is 56.3 cm³/mol. The molecule has 1 aromatic rings. The Morgan fingerprint density at radius 2 is 2.43 bits per heavy atom. The van der Waals surface area contributed by atoms with Gasteiger partial charge in [0.1, 0.15) is 0 Å². The van der Waals surface area contributed by atoms with Crippen molar-refractivity contribution in [1.29, 1.82) is 0 Å². The van der Waals surface area contributed by atoms with E-state index in [1.165, 1.54) is 0 Å². The summed E-state index contributed by atoms with van der Waals surface area (Å²) >= 11 is 5.97. The molecule has 76 valence electrons. The molecule has 0 aliphatic rings. The van der Waals surface area contributed by atoms with Gasteiger partial charge in [0.05, 0.1) is 16.4 Å². The van der Waals surface area contributed by atoms with Crippen molar-refractivity contribution in [1.82, 2.24) is 4.98 Å². The molecule has 1 aromatic heterocycles. The van der Waals surface area contributed by atoms with E-state index >= 15 is 0 Å². The third-order valence-corrected chi connectivity index (χ3v) is 2.23. The van der Waals surface area contributed by atoms with Gasteiger partial charge < -0.3 is 11.1 Å². The van der Waals surface area contributed by atoms with Crippen molar-refractivity contribution < 1.29 is 4.79 Å². The third kappa shape index (κ3) is 2.88. The van der Waals surface area contributed by atoms with Gasteiger partial charge in [-0.25, -0.2) is 0 Å². The van der Waals surface area contributed by atoms with Crippen molar-refractivity contribution >= 4 is 23.2 Å². The molecule has 0 aliphatic heterocycles. The van der Waals surface area contributed by atoms with Gasteiger partial charge in [0.15, 0.2) is 0 Å². The molecule has 1 amide bonds. The molecule has 4 nitrogen and oxygen atoms in total. The molecule has 0 atom stereocenters. The van der Waals surface area contributed by atoms with Gasteiger partial charge >= 0.3 is 0 Å². The van der Waals surface area contributed by atoms with Crippen LogP contribution in [0.25, 0.3) is 0 Å². The van der Waals surface area contributed by atoms with Gasteiger partial charge in [-0.15, -0.1) is 0 Å². The fraction of sp³-hybridized carbons (Fsp3) is 0.333. The monoisotopic (exact) mass is 213 g/mol. The Kier molecular flexibility index (Phi) is 3.71. The van der Waals surface area contributed by atoms with E-state index in [0.717, 1.165) is 11.4 Å². The highest BCUT2D eigenvalue weighted by Crippen LogP contribution is 2.22. The molecule has 3 N–H and O–H groups in total. The molecule has 0 bridgehead atoms. The lowest BCUT2D eigenvalue weighted by atomic mass is 10.3. The van der Waals surface area contributed by atoms with Gasteiger partial charge in [0.2, 0.25) is 5.91 Å². The number of carbonyl (C=O) groups is 1. The number of hydrogen-bond donors (Lipinski definition) is 2. The minimum atomic E-state index is -0.334. The van der Waals surface area contributed by atoms with Crippen molar-refractivity contribution in [2.45, 2.75) is 13.3 Å². The van der Waals surface area contributed by atoms with E-state index in [1.807, 2.05) is 6.92 Å². The zero-order valence-corrected chi connectivity index (χ0v) is 8.64. The number of amides is 1. The smallest absolute Gasteiger partial charge is 0.219 e. The summed E-state index contributed by atoms with van der Waals surface area (Å²) in [5.74, 6) is -0.334. The number of nitrogens with one attached hydrogen (secondary N) is 1. The highest BCUT2D eigenvalue weighted by atomic mass is 35.5. The zero-order valence-electron chi connectivity index (χ0n) is 7.88. The first-order valence-electron chi connectivity index (χ1n) is 4.24. The SMILES string of the molecule is Cc1nccc(NCCC(N)=O)c1Cl. The van der Waals surface area contributed by atoms with Crippen LogP contribution in [0.3, 0.4) is 0 Å². The number of nitrogens with two attached hydrogens (primary N) is 1. The molecular weight excluding hydrogens is 202 g/mol. The number of carbonyl (C=O) groups excluding carboxylic acids is 1. The van der Waals surface area contributed by atoms with Gasteiger partial charge in [0.25, 0.3) is 0 Å². The molecule has 1 heterocycles. The number of pyridine rings is 1. The number of aryl methyl sites for hydroxylation is 1. The fourth-order valence-corrected chi connectivity index (χ4v) is 1.18. The summed E-state index contributed by atoms with van der Waals surface area (Å²) in [4.78, 5) is 14.5. The van der Waals surface area contributed by atoms with Gasteiger partial charge in [-0.2, -0.15) is 0 Å². The van der Waals surface area contributed by atoms with Gasteiger partial charge in [-0.05, 0) is 13.0 Å². The topological polar surface area (TPSA) is 68.0 Å². The Balaban J connectivity index is 2.59. The van der Waals surface area contributed by atoms with Crippen molar-refractivity contribution in [3.05, 3.63) is 23.0 Å². The molecule has 0 aliphatic carbocycles. The summed E-state index contributed by atoms with van der Waals surface area (Å²) in [6, 6.07) is 1.76. The van der Waals surface area contributed by atoms with Crippen LogP contribution in [0.2, 0.25) is 5.02 Å². The van der Waals surface area contributed by atoms with E-state index < -0.39 is 0 Å². The number of aromatic nitrogens is 1. The van der Waals surface area contributed by atoms with Crippen molar-refractivity contribution in [3.8, 4) is 0 Å². The highest BCUT2D eigenvalue weighted by Gasteiger charge is 2.03. The molecule has 1 rings (SSSR count). The average Bonchev–Trinajstić information content (AvgIpc) is 2.12. The quantitative estimate of drug-likeness (QED) is 0.793. The van der Waals surface area contributed by atoms with Crippen LogP contribution < -0.4 is 11.1 Å². The molecular formula is C9H12ClN3O. The average molecular weight is 214 g/mol. The van der Waals surface area contributed by atoms with Crippen LogP contribution in [0, 0.1) is 6.92 Å². The second-order valence-electron chi connectivity index (χ2n) is 2.90. The molecule has 0 saturated carbocycles. The first-order chi connectivity index (χ1) is 6.61. The van der Waals surface area contributed by atoms with E-state index in [1.54, 1.807) is 12.3 Å². The standard InChI is InChI=1S/C9H12ClN3O/c1-6-9(10)7(2-4-12-6)13-5-3-8(11)14/h2,4H,3,5H2,1H3,(H2,11,14)(H,12,13). The fourth-order valence-electron chi connectivity index (χ4n) is 1.01. The van der Waals surface area contributed by atoms with Crippen LogP contribution in [0.15, 0.2) is 12.3 Å². The molecule has 0 spiro atoms. The lowest BCUT2D eigenvalue weighted by molar-refractivity contribution is -0.117. The van der Waals surface area contributed by atoms with Crippen molar-refractivity contribution in [2.24, 2.45) is 5.73 Å². The Bertz CT molecular complexity index is 341. The maximum absolute atomic E-state index is 10.5. The van der Waals surface area contributed by atoms with E-state index in [4.69, 9.17) is 17.3 Å². The lowest BCUT2D eigenvalue weighted by Crippen LogP contribution is -2.16. The summed E-state index contributed by atoms with van der Waals surface area (Å²) in [6.07, 6.45) is 1.95. The Hall–Kier alpha value is -1.29. The lowest BCUT2D eigenvalue weighted by Gasteiger charge is -2.07. The van der Waals surface area contributed by atoms with E-state index in [2.05, 4.69) is 10.3 Å². The van der Waals surface area contributed by atoms with Gasteiger partial charge in [-0.3, -0.25) is 9.78 Å². The summed E-state index contributed by atoms with van der Waals surface area (Å²) in [7, 11) is 0. The summed E-state index contributed by atoms with van der Waals surface area (Å²) < 4.78 is 0. The van der Waals surface area contributed by atoms with Gasteiger partial charge in [0, 0.05) is 19.2 Å². The normalized spacial score (nSPS) is 9.86.